The highest BCUT2D eigenvalue weighted by Crippen LogP contribution is 2.19. The van der Waals surface area contributed by atoms with Gasteiger partial charge in [0.05, 0.1) is 19.0 Å². The average molecular weight is 362 g/mol. The van der Waals surface area contributed by atoms with Crippen molar-refractivity contribution >= 4 is 24.2 Å². The minimum absolute atomic E-state index is 0. The number of alkyl halides is 2. The second-order valence-electron chi connectivity index (χ2n) is 5.73. The van der Waals surface area contributed by atoms with Crippen LogP contribution < -0.4 is 11.1 Å². The summed E-state index contributed by atoms with van der Waals surface area (Å²) in [7, 11) is 0. The first kappa shape index (κ1) is 20.3. The molecule has 3 N–H and O–H groups in total. The van der Waals surface area contributed by atoms with Crippen LogP contribution in [0.25, 0.3) is 0 Å². The maximum atomic E-state index is 13.1. The number of likely N-dealkylation sites (tertiary alicyclic amines) is 1. The molecule has 0 saturated carbocycles. The summed E-state index contributed by atoms with van der Waals surface area (Å²) >= 11 is 0. The molecule has 0 aliphatic carbocycles. The minimum Gasteiger partial charge on any atom is -0.350 e. The van der Waals surface area contributed by atoms with Crippen LogP contribution >= 0.6 is 12.4 Å². The summed E-state index contributed by atoms with van der Waals surface area (Å²) in [6, 6.07) is 8.80. The SMILES string of the molecule is Cl.NCC(F)(F)CNC(=O)C1CCCN(C(=O)c2ccccc2)C1. The maximum absolute atomic E-state index is 13.1. The van der Waals surface area contributed by atoms with Crippen LogP contribution in [-0.4, -0.2) is 48.8 Å². The van der Waals surface area contributed by atoms with Crippen LogP contribution in [0.15, 0.2) is 30.3 Å². The molecule has 134 valence electrons. The number of piperidine rings is 1. The largest absolute Gasteiger partial charge is 0.350 e. The van der Waals surface area contributed by atoms with Crippen LogP contribution in [-0.2, 0) is 4.79 Å². The number of hydrogen-bond donors (Lipinski definition) is 2. The average Bonchev–Trinajstić information content (AvgIpc) is 2.60. The predicted molar refractivity (Wildman–Crippen MR) is 89.3 cm³/mol. The van der Waals surface area contributed by atoms with Crippen LogP contribution in [0.4, 0.5) is 8.78 Å². The molecule has 1 aliphatic heterocycles. The van der Waals surface area contributed by atoms with Crippen molar-refractivity contribution in [3.05, 3.63) is 35.9 Å². The molecule has 1 saturated heterocycles. The molecular formula is C16H22ClF2N3O2. The van der Waals surface area contributed by atoms with Gasteiger partial charge in [-0.15, -0.1) is 12.4 Å². The Bertz CT molecular complexity index is 558. The molecule has 2 amide bonds. The van der Waals surface area contributed by atoms with Crippen molar-refractivity contribution in [1.29, 1.82) is 0 Å². The summed E-state index contributed by atoms with van der Waals surface area (Å²) in [6.45, 7) is -0.772. The number of benzene rings is 1. The molecule has 1 aromatic rings. The summed E-state index contributed by atoms with van der Waals surface area (Å²) in [5, 5.41) is 2.24. The Labute approximate surface area is 146 Å². The topological polar surface area (TPSA) is 75.4 Å². The quantitative estimate of drug-likeness (QED) is 0.837. The summed E-state index contributed by atoms with van der Waals surface area (Å²) < 4.78 is 26.2. The number of carbonyl (C=O) groups is 2. The van der Waals surface area contributed by atoms with Crippen molar-refractivity contribution in [3.63, 3.8) is 0 Å². The molecule has 1 aliphatic rings. The number of nitrogens with two attached hydrogens (primary N) is 1. The van der Waals surface area contributed by atoms with Gasteiger partial charge in [-0.1, -0.05) is 18.2 Å². The monoisotopic (exact) mass is 361 g/mol. The first-order valence-electron chi connectivity index (χ1n) is 7.63. The highest BCUT2D eigenvalue weighted by atomic mass is 35.5. The van der Waals surface area contributed by atoms with E-state index < -0.39 is 30.8 Å². The standard InChI is InChI=1S/C16H21F2N3O2.ClH/c17-16(18,10-19)11-20-14(22)13-7-4-8-21(9-13)15(23)12-5-2-1-3-6-12;/h1-3,5-6,13H,4,7-11,19H2,(H,20,22);1H. The molecule has 5 nitrogen and oxygen atoms in total. The minimum atomic E-state index is -3.11. The van der Waals surface area contributed by atoms with Crippen LogP contribution in [0.2, 0.25) is 0 Å². The smallest absolute Gasteiger partial charge is 0.277 e. The number of halogens is 3. The van der Waals surface area contributed by atoms with Crippen molar-refractivity contribution in [2.45, 2.75) is 18.8 Å². The Morgan fingerprint density at radius 1 is 1.29 bits per heavy atom. The van der Waals surface area contributed by atoms with E-state index in [1.165, 1.54) is 0 Å². The first-order valence-corrected chi connectivity index (χ1v) is 7.63. The van der Waals surface area contributed by atoms with E-state index in [0.717, 1.165) is 0 Å². The van der Waals surface area contributed by atoms with Gasteiger partial charge < -0.3 is 16.0 Å². The van der Waals surface area contributed by atoms with Crippen LogP contribution in [0, 0.1) is 5.92 Å². The lowest BCUT2D eigenvalue weighted by atomic mass is 9.96. The Morgan fingerprint density at radius 2 is 1.96 bits per heavy atom. The van der Waals surface area contributed by atoms with Crippen molar-refractivity contribution in [3.8, 4) is 0 Å². The maximum Gasteiger partial charge on any atom is 0.277 e. The molecule has 0 aromatic heterocycles. The van der Waals surface area contributed by atoms with Crippen molar-refractivity contribution < 1.29 is 18.4 Å². The first-order chi connectivity index (χ1) is 10.9. The zero-order chi connectivity index (χ0) is 16.9. The third kappa shape index (κ3) is 5.42. The number of amides is 2. The van der Waals surface area contributed by atoms with E-state index >= 15 is 0 Å². The summed E-state index contributed by atoms with van der Waals surface area (Å²) in [4.78, 5) is 26.0. The van der Waals surface area contributed by atoms with Gasteiger partial charge in [0.25, 0.3) is 11.8 Å². The second-order valence-corrected chi connectivity index (χ2v) is 5.73. The summed E-state index contributed by atoms with van der Waals surface area (Å²) in [5.41, 5.74) is 5.50. The number of hydrogen-bond acceptors (Lipinski definition) is 3. The Hall–Kier alpha value is -1.73. The van der Waals surface area contributed by atoms with Crippen molar-refractivity contribution in [2.75, 3.05) is 26.2 Å². The molecule has 0 radical (unpaired) electrons. The molecule has 24 heavy (non-hydrogen) atoms. The van der Waals surface area contributed by atoms with Crippen LogP contribution in [0.3, 0.4) is 0 Å². The van der Waals surface area contributed by atoms with E-state index in [0.29, 0.717) is 24.9 Å². The fourth-order valence-electron chi connectivity index (χ4n) is 2.57. The lowest BCUT2D eigenvalue weighted by molar-refractivity contribution is -0.128. The van der Waals surface area contributed by atoms with E-state index in [2.05, 4.69) is 5.32 Å². The molecule has 8 heteroatoms. The molecule has 0 bridgehead atoms. The highest BCUT2D eigenvalue weighted by molar-refractivity contribution is 5.94. The lowest BCUT2D eigenvalue weighted by Gasteiger charge is -2.32. The molecule has 1 atom stereocenters. The van der Waals surface area contributed by atoms with Crippen molar-refractivity contribution in [2.24, 2.45) is 11.7 Å². The van der Waals surface area contributed by atoms with Crippen molar-refractivity contribution in [1.82, 2.24) is 10.2 Å². The molecule has 2 rings (SSSR count). The number of carbonyl (C=O) groups excluding carboxylic acids is 2. The number of nitrogens with one attached hydrogen (secondary N) is 1. The van der Waals surface area contributed by atoms with E-state index in [-0.39, 0.29) is 24.9 Å². The summed E-state index contributed by atoms with van der Waals surface area (Å²) in [6.07, 6.45) is 1.25. The molecular weight excluding hydrogens is 340 g/mol. The van der Waals surface area contributed by atoms with Gasteiger partial charge in [-0.2, -0.15) is 0 Å². The second kappa shape index (κ2) is 8.94. The van der Waals surface area contributed by atoms with Gasteiger partial charge in [0.1, 0.15) is 0 Å². The van der Waals surface area contributed by atoms with E-state index in [4.69, 9.17) is 5.73 Å². The third-order valence-electron chi connectivity index (χ3n) is 3.92. The molecule has 1 fully saturated rings. The van der Waals surface area contributed by atoms with Gasteiger partial charge in [0.2, 0.25) is 5.91 Å². The van der Waals surface area contributed by atoms with Gasteiger partial charge in [-0.05, 0) is 25.0 Å². The Balaban J connectivity index is 0.00000288. The molecule has 1 unspecified atom stereocenters. The lowest BCUT2D eigenvalue weighted by Crippen LogP contribution is -2.48. The van der Waals surface area contributed by atoms with Crippen LogP contribution in [0.1, 0.15) is 23.2 Å². The summed E-state index contributed by atoms with van der Waals surface area (Å²) in [5.74, 6) is -4.17. The number of nitrogens with zero attached hydrogens (tertiary/aromatic N) is 1. The predicted octanol–water partition coefficient (Wildman–Crippen LogP) is 1.67. The molecule has 1 heterocycles. The normalized spacial score (nSPS) is 17.8. The van der Waals surface area contributed by atoms with E-state index in [9.17, 15) is 18.4 Å². The zero-order valence-electron chi connectivity index (χ0n) is 13.2. The Morgan fingerprint density at radius 3 is 2.58 bits per heavy atom. The highest BCUT2D eigenvalue weighted by Gasteiger charge is 2.32. The fourth-order valence-corrected chi connectivity index (χ4v) is 2.57. The van der Waals surface area contributed by atoms with Crippen LogP contribution in [0.5, 0.6) is 0 Å². The third-order valence-corrected chi connectivity index (χ3v) is 3.92. The van der Waals surface area contributed by atoms with Gasteiger partial charge in [-0.25, -0.2) is 8.78 Å². The van der Waals surface area contributed by atoms with E-state index in [1.54, 1.807) is 29.2 Å². The molecule has 0 spiro atoms. The van der Waals surface area contributed by atoms with Gasteiger partial charge in [0.15, 0.2) is 0 Å². The zero-order valence-corrected chi connectivity index (χ0v) is 14.0. The van der Waals surface area contributed by atoms with Gasteiger partial charge in [0, 0.05) is 18.7 Å². The van der Waals surface area contributed by atoms with Gasteiger partial charge >= 0.3 is 0 Å². The van der Waals surface area contributed by atoms with E-state index in [1.807, 2.05) is 6.07 Å². The molecule has 1 aromatic carbocycles. The van der Waals surface area contributed by atoms with Gasteiger partial charge in [-0.3, -0.25) is 9.59 Å². The fraction of sp³-hybridized carbons (Fsp3) is 0.500. The Kier molecular flexibility index (Phi) is 7.57. The number of rotatable bonds is 5.